The zero-order valence-electron chi connectivity index (χ0n) is 15.3. The lowest BCUT2D eigenvalue weighted by Gasteiger charge is -2.25. The molecule has 6 nitrogen and oxygen atoms in total. The normalized spacial score (nSPS) is 10.8. The molecule has 0 unspecified atom stereocenters. The molecule has 0 radical (unpaired) electrons. The van der Waals surface area contributed by atoms with E-state index in [9.17, 15) is 14.3 Å². The second-order valence-electron chi connectivity index (χ2n) is 5.38. The second kappa shape index (κ2) is 11.9. The largest absolute Gasteiger partial charge is 0.505 e. The van der Waals surface area contributed by atoms with Crippen molar-refractivity contribution in [2.24, 2.45) is 4.99 Å². The fourth-order valence-electron chi connectivity index (χ4n) is 2.24. The zero-order chi connectivity index (χ0) is 18.1. The SMILES string of the molecule is CCNC(=NCc1ccc(O)c(F)c1)N(C)CC(=O)N(CC)CC.I. The molecule has 8 heteroatoms. The number of phenols is 1. The van der Waals surface area contributed by atoms with Crippen LogP contribution in [0.3, 0.4) is 0 Å². The van der Waals surface area contributed by atoms with Crippen molar-refractivity contribution in [2.45, 2.75) is 27.3 Å². The topological polar surface area (TPSA) is 68.2 Å². The van der Waals surface area contributed by atoms with Gasteiger partial charge in [-0.15, -0.1) is 24.0 Å². The number of phenolic OH excluding ortho intramolecular Hbond substituents is 1. The third kappa shape index (κ3) is 7.45. The van der Waals surface area contributed by atoms with Gasteiger partial charge in [0.25, 0.3) is 0 Å². The van der Waals surface area contributed by atoms with Crippen LogP contribution in [0.15, 0.2) is 23.2 Å². The number of likely N-dealkylation sites (N-methyl/N-ethyl adjacent to an activating group) is 2. The summed E-state index contributed by atoms with van der Waals surface area (Å²) in [6.45, 7) is 8.30. The quantitative estimate of drug-likeness (QED) is 0.368. The molecular formula is C17H28FIN4O2. The molecule has 1 rings (SSSR count). The monoisotopic (exact) mass is 466 g/mol. The Morgan fingerprint density at radius 2 is 1.92 bits per heavy atom. The van der Waals surface area contributed by atoms with Gasteiger partial charge in [0.2, 0.25) is 5.91 Å². The molecule has 0 saturated heterocycles. The van der Waals surface area contributed by atoms with E-state index in [1.165, 1.54) is 12.1 Å². The van der Waals surface area contributed by atoms with Gasteiger partial charge < -0.3 is 20.2 Å². The van der Waals surface area contributed by atoms with Crippen molar-refractivity contribution in [3.63, 3.8) is 0 Å². The Morgan fingerprint density at radius 3 is 2.44 bits per heavy atom. The average Bonchev–Trinajstić information content (AvgIpc) is 2.55. The number of guanidine groups is 1. The molecule has 0 spiro atoms. The third-order valence-corrected chi connectivity index (χ3v) is 3.61. The number of amides is 1. The van der Waals surface area contributed by atoms with E-state index in [0.29, 0.717) is 31.2 Å². The molecule has 25 heavy (non-hydrogen) atoms. The molecule has 0 bridgehead atoms. The lowest BCUT2D eigenvalue weighted by atomic mass is 10.2. The fraction of sp³-hybridized carbons (Fsp3) is 0.529. The lowest BCUT2D eigenvalue weighted by Crippen LogP contribution is -2.45. The molecule has 0 saturated carbocycles. The van der Waals surface area contributed by atoms with Crippen molar-refractivity contribution in [3.8, 4) is 5.75 Å². The number of aliphatic imine (C=N–C) groups is 1. The van der Waals surface area contributed by atoms with Crippen LogP contribution in [0.4, 0.5) is 4.39 Å². The van der Waals surface area contributed by atoms with E-state index in [1.807, 2.05) is 20.8 Å². The van der Waals surface area contributed by atoms with Gasteiger partial charge in [0, 0.05) is 26.7 Å². The van der Waals surface area contributed by atoms with Gasteiger partial charge in [-0.1, -0.05) is 6.07 Å². The van der Waals surface area contributed by atoms with Crippen LogP contribution < -0.4 is 5.32 Å². The van der Waals surface area contributed by atoms with Gasteiger partial charge in [0.15, 0.2) is 17.5 Å². The predicted molar refractivity (Wildman–Crippen MR) is 109 cm³/mol. The van der Waals surface area contributed by atoms with E-state index in [0.717, 1.165) is 0 Å². The summed E-state index contributed by atoms with van der Waals surface area (Å²) >= 11 is 0. The molecule has 1 aromatic carbocycles. The second-order valence-corrected chi connectivity index (χ2v) is 5.38. The summed E-state index contributed by atoms with van der Waals surface area (Å²) in [5.74, 6) is -0.440. The maximum atomic E-state index is 13.4. The van der Waals surface area contributed by atoms with E-state index in [1.54, 1.807) is 22.9 Å². The molecule has 142 valence electrons. The molecule has 0 aromatic heterocycles. The molecule has 0 heterocycles. The number of rotatable bonds is 7. The summed E-state index contributed by atoms with van der Waals surface area (Å²) in [6, 6.07) is 4.18. The van der Waals surface area contributed by atoms with Crippen LogP contribution in [0.5, 0.6) is 5.75 Å². The number of hydrogen-bond donors (Lipinski definition) is 2. The van der Waals surface area contributed by atoms with Crippen molar-refractivity contribution in [1.29, 1.82) is 0 Å². The van der Waals surface area contributed by atoms with Gasteiger partial charge in [-0.05, 0) is 38.5 Å². The van der Waals surface area contributed by atoms with Gasteiger partial charge in [-0.25, -0.2) is 9.38 Å². The molecular weight excluding hydrogens is 438 g/mol. The van der Waals surface area contributed by atoms with E-state index in [4.69, 9.17) is 0 Å². The summed E-state index contributed by atoms with van der Waals surface area (Å²) in [5, 5.41) is 12.3. The van der Waals surface area contributed by atoms with Crippen molar-refractivity contribution < 1.29 is 14.3 Å². The first-order valence-electron chi connectivity index (χ1n) is 8.17. The molecule has 0 aliphatic rings. The Morgan fingerprint density at radius 1 is 1.28 bits per heavy atom. The number of halogens is 2. The molecule has 0 aliphatic heterocycles. The standard InChI is InChI=1S/C17H27FN4O2.HI/c1-5-19-17(21(4)12-16(24)22(6-2)7-3)20-11-13-8-9-15(23)14(18)10-13;/h8-10,23H,5-7,11-12H2,1-4H3,(H,19,20);1H. The van der Waals surface area contributed by atoms with Crippen molar-refractivity contribution >= 4 is 35.8 Å². The van der Waals surface area contributed by atoms with Crippen molar-refractivity contribution in [3.05, 3.63) is 29.6 Å². The smallest absolute Gasteiger partial charge is 0.242 e. The summed E-state index contributed by atoms with van der Waals surface area (Å²) in [4.78, 5) is 20.1. The zero-order valence-corrected chi connectivity index (χ0v) is 17.6. The minimum absolute atomic E-state index is 0. The highest BCUT2D eigenvalue weighted by Crippen LogP contribution is 2.16. The summed E-state index contributed by atoms with van der Waals surface area (Å²) in [6.07, 6.45) is 0. The minimum atomic E-state index is -0.669. The summed E-state index contributed by atoms with van der Waals surface area (Å²) in [5.41, 5.74) is 0.643. The molecule has 1 aromatic rings. The molecule has 0 aliphatic carbocycles. The van der Waals surface area contributed by atoms with Gasteiger partial charge >= 0.3 is 0 Å². The molecule has 0 fully saturated rings. The van der Waals surface area contributed by atoms with Gasteiger partial charge in [-0.2, -0.15) is 0 Å². The summed E-state index contributed by atoms with van der Waals surface area (Å²) < 4.78 is 13.4. The summed E-state index contributed by atoms with van der Waals surface area (Å²) in [7, 11) is 1.79. The lowest BCUT2D eigenvalue weighted by molar-refractivity contribution is -0.131. The Bertz CT molecular complexity index is 580. The van der Waals surface area contributed by atoms with Gasteiger partial charge in [-0.3, -0.25) is 4.79 Å². The van der Waals surface area contributed by atoms with Crippen LogP contribution in [0.1, 0.15) is 26.3 Å². The van der Waals surface area contributed by atoms with Crippen LogP contribution in [0, 0.1) is 5.82 Å². The number of hydrogen-bond acceptors (Lipinski definition) is 3. The van der Waals surface area contributed by atoms with Gasteiger partial charge in [0.1, 0.15) is 0 Å². The van der Waals surface area contributed by atoms with E-state index in [-0.39, 0.29) is 48.7 Å². The number of benzene rings is 1. The molecule has 1 amide bonds. The van der Waals surface area contributed by atoms with E-state index >= 15 is 0 Å². The average molecular weight is 466 g/mol. The Labute approximate surface area is 166 Å². The maximum Gasteiger partial charge on any atom is 0.242 e. The number of aromatic hydroxyl groups is 1. The first-order chi connectivity index (χ1) is 11.4. The van der Waals surface area contributed by atoms with Gasteiger partial charge in [0.05, 0.1) is 13.1 Å². The minimum Gasteiger partial charge on any atom is -0.505 e. The highest BCUT2D eigenvalue weighted by Gasteiger charge is 2.15. The first-order valence-corrected chi connectivity index (χ1v) is 8.17. The van der Waals surface area contributed by atoms with Crippen LogP contribution in [0.2, 0.25) is 0 Å². The molecule has 2 N–H and O–H groups in total. The van der Waals surface area contributed by atoms with Crippen LogP contribution in [-0.2, 0) is 11.3 Å². The first kappa shape index (κ1) is 23.4. The highest BCUT2D eigenvalue weighted by atomic mass is 127. The fourth-order valence-corrected chi connectivity index (χ4v) is 2.24. The number of nitrogens with zero attached hydrogens (tertiary/aromatic N) is 3. The van der Waals surface area contributed by atoms with Crippen LogP contribution in [-0.4, -0.2) is 60.0 Å². The van der Waals surface area contributed by atoms with E-state index < -0.39 is 5.82 Å². The molecule has 0 atom stereocenters. The Balaban J connectivity index is 0.00000576. The van der Waals surface area contributed by atoms with Crippen LogP contribution >= 0.6 is 24.0 Å². The highest BCUT2D eigenvalue weighted by molar-refractivity contribution is 14.0. The van der Waals surface area contributed by atoms with E-state index in [2.05, 4.69) is 10.3 Å². The number of nitrogens with one attached hydrogen (secondary N) is 1. The number of carbonyl (C=O) groups is 1. The van der Waals surface area contributed by atoms with Crippen LogP contribution in [0.25, 0.3) is 0 Å². The van der Waals surface area contributed by atoms with Crippen molar-refractivity contribution in [1.82, 2.24) is 15.1 Å². The Kier molecular flexibility index (Phi) is 11.1. The van der Waals surface area contributed by atoms with Crippen molar-refractivity contribution in [2.75, 3.05) is 33.2 Å². The predicted octanol–water partition coefficient (Wildman–Crippen LogP) is 2.42. The third-order valence-electron chi connectivity index (χ3n) is 3.61. The number of carbonyl (C=O) groups excluding carboxylic acids is 1. The Hall–Kier alpha value is -1.58. The maximum absolute atomic E-state index is 13.4.